The topological polar surface area (TPSA) is 38.3 Å². The molecule has 0 saturated heterocycles. The van der Waals surface area contributed by atoms with E-state index in [0.717, 1.165) is 30.6 Å². The van der Waals surface area contributed by atoms with Crippen LogP contribution in [0.4, 0.5) is 5.69 Å². The van der Waals surface area contributed by atoms with Crippen LogP contribution < -0.4 is 10.1 Å². The lowest BCUT2D eigenvalue weighted by molar-refractivity contribution is -0.111. The maximum absolute atomic E-state index is 12.1. The molecule has 1 N–H and O–H groups in total. The van der Waals surface area contributed by atoms with E-state index in [9.17, 15) is 4.79 Å². The number of carbonyl (C=O) groups excluding carboxylic acids is 1. The first-order valence-electron chi connectivity index (χ1n) is 6.58. The number of rotatable bonds is 4. The number of hydrogen-bond donors (Lipinski definition) is 1. The lowest BCUT2D eigenvalue weighted by atomic mass is 10.2. The van der Waals surface area contributed by atoms with Crippen LogP contribution in [0.3, 0.4) is 0 Å². The average Bonchev–Trinajstić information content (AvgIpc) is 2.48. The molecular formula is C17H15BrINO2. The lowest BCUT2D eigenvalue weighted by Crippen LogP contribution is -2.09. The molecule has 0 saturated carbocycles. The summed E-state index contributed by atoms with van der Waals surface area (Å²) in [5.41, 5.74) is 2.69. The first-order valence-corrected chi connectivity index (χ1v) is 8.45. The zero-order valence-corrected chi connectivity index (χ0v) is 15.9. The number of carbonyl (C=O) groups is 1. The van der Waals surface area contributed by atoms with Crippen molar-refractivity contribution >= 4 is 56.2 Å². The van der Waals surface area contributed by atoms with Gasteiger partial charge in [-0.1, -0.05) is 15.9 Å². The van der Waals surface area contributed by atoms with Crippen molar-refractivity contribution in [2.75, 3.05) is 12.4 Å². The summed E-state index contributed by atoms with van der Waals surface area (Å²) in [5, 5.41) is 2.88. The summed E-state index contributed by atoms with van der Waals surface area (Å²) >= 11 is 5.66. The summed E-state index contributed by atoms with van der Waals surface area (Å²) in [5.74, 6) is 0.545. The zero-order valence-electron chi connectivity index (χ0n) is 12.2. The number of halogens is 2. The Morgan fingerprint density at radius 3 is 2.73 bits per heavy atom. The first-order chi connectivity index (χ1) is 10.5. The van der Waals surface area contributed by atoms with E-state index in [0.29, 0.717) is 0 Å². The lowest BCUT2D eigenvalue weighted by Gasteiger charge is -2.07. The molecular weight excluding hydrogens is 457 g/mol. The van der Waals surface area contributed by atoms with E-state index >= 15 is 0 Å². The SMILES string of the molecule is COc1ccc(Br)cc1/C=C/C(=O)Nc1ccc(I)cc1C. The van der Waals surface area contributed by atoms with Crippen LogP contribution in [0.15, 0.2) is 46.9 Å². The maximum atomic E-state index is 12.1. The van der Waals surface area contributed by atoms with Gasteiger partial charge in [0.05, 0.1) is 7.11 Å². The van der Waals surface area contributed by atoms with Gasteiger partial charge in [-0.15, -0.1) is 0 Å². The van der Waals surface area contributed by atoms with Crippen molar-refractivity contribution in [2.45, 2.75) is 6.92 Å². The van der Waals surface area contributed by atoms with Gasteiger partial charge in [-0.3, -0.25) is 4.79 Å². The number of amides is 1. The third-order valence-corrected chi connectivity index (χ3v) is 4.22. The second-order valence-corrected chi connectivity index (χ2v) is 6.83. The summed E-state index contributed by atoms with van der Waals surface area (Å²) in [4.78, 5) is 12.1. The Kier molecular flexibility index (Phi) is 6.02. The van der Waals surface area contributed by atoms with Gasteiger partial charge < -0.3 is 10.1 Å². The van der Waals surface area contributed by atoms with E-state index < -0.39 is 0 Å². The molecule has 1 amide bonds. The van der Waals surface area contributed by atoms with Gasteiger partial charge >= 0.3 is 0 Å². The molecule has 0 radical (unpaired) electrons. The number of methoxy groups -OCH3 is 1. The molecule has 2 rings (SSSR count). The Bertz CT molecular complexity index is 729. The Morgan fingerprint density at radius 1 is 1.27 bits per heavy atom. The molecule has 0 aliphatic carbocycles. The maximum Gasteiger partial charge on any atom is 0.248 e. The molecule has 0 aliphatic heterocycles. The fourth-order valence-corrected chi connectivity index (χ4v) is 2.97. The van der Waals surface area contributed by atoms with Crippen LogP contribution >= 0.6 is 38.5 Å². The summed E-state index contributed by atoms with van der Waals surface area (Å²) in [6, 6.07) is 11.5. The molecule has 0 heterocycles. The molecule has 0 unspecified atom stereocenters. The van der Waals surface area contributed by atoms with Gasteiger partial charge in [0.25, 0.3) is 0 Å². The average molecular weight is 472 g/mol. The van der Waals surface area contributed by atoms with Crippen LogP contribution in [0.2, 0.25) is 0 Å². The minimum Gasteiger partial charge on any atom is -0.496 e. The van der Waals surface area contributed by atoms with Crippen LogP contribution in [0, 0.1) is 10.5 Å². The van der Waals surface area contributed by atoms with Crippen molar-refractivity contribution in [2.24, 2.45) is 0 Å². The molecule has 22 heavy (non-hydrogen) atoms. The summed E-state index contributed by atoms with van der Waals surface area (Å²) in [6.45, 7) is 1.97. The molecule has 114 valence electrons. The Labute approximate surface area is 152 Å². The smallest absolute Gasteiger partial charge is 0.248 e. The van der Waals surface area contributed by atoms with Gasteiger partial charge in [0.15, 0.2) is 0 Å². The Morgan fingerprint density at radius 2 is 2.05 bits per heavy atom. The van der Waals surface area contributed by atoms with E-state index in [-0.39, 0.29) is 5.91 Å². The number of hydrogen-bond acceptors (Lipinski definition) is 2. The second-order valence-electron chi connectivity index (χ2n) is 4.67. The summed E-state index contributed by atoms with van der Waals surface area (Å²) < 4.78 is 7.35. The van der Waals surface area contributed by atoms with Crippen molar-refractivity contribution in [3.63, 3.8) is 0 Å². The molecule has 5 heteroatoms. The van der Waals surface area contributed by atoms with Crippen molar-refractivity contribution in [3.05, 3.63) is 61.6 Å². The number of anilines is 1. The number of nitrogens with one attached hydrogen (secondary N) is 1. The fraction of sp³-hybridized carbons (Fsp3) is 0.118. The Hall–Kier alpha value is -1.34. The quantitative estimate of drug-likeness (QED) is 0.502. The van der Waals surface area contributed by atoms with E-state index in [1.54, 1.807) is 13.2 Å². The minimum atomic E-state index is -0.175. The largest absolute Gasteiger partial charge is 0.496 e. The highest BCUT2D eigenvalue weighted by Gasteiger charge is 2.04. The van der Waals surface area contributed by atoms with Gasteiger partial charge in [-0.2, -0.15) is 0 Å². The predicted octanol–water partition coefficient (Wildman–Crippen LogP) is 5.02. The van der Waals surface area contributed by atoms with Gasteiger partial charge in [-0.25, -0.2) is 0 Å². The van der Waals surface area contributed by atoms with E-state index in [1.807, 2.05) is 43.3 Å². The zero-order chi connectivity index (χ0) is 16.1. The highest BCUT2D eigenvalue weighted by Crippen LogP contribution is 2.24. The van der Waals surface area contributed by atoms with Crippen LogP contribution in [0.25, 0.3) is 6.08 Å². The molecule has 0 aromatic heterocycles. The molecule has 0 spiro atoms. The van der Waals surface area contributed by atoms with E-state index in [1.165, 1.54) is 6.08 Å². The van der Waals surface area contributed by atoms with Gasteiger partial charge in [0.2, 0.25) is 5.91 Å². The van der Waals surface area contributed by atoms with Crippen LogP contribution in [-0.4, -0.2) is 13.0 Å². The summed E-state index contributed by atoms with van der Waals surface area (Å²) in [7, 11) is 1.61. The third-order valence-electron chi connectivity index (χ3n) is 3.05. The van der Waals surface area contributed by atoms with Gasteiger partial charge in [0.1, 0.15) is 5.75 Å². The van der Waals surface area contributed by atoms with Crippen molar-refractivity contribution in [3.8, 4) is 5.75 Å². The van der Waals surface area contributed by atoms with Crippen molar-refractivity contribution < 1.29 is 9.53 Å². The highest BCUT2D eigenvalue weighted by atomic mass is 127. The standard InChI is InChI=1S/C17H15BrINO2/c1-11-9-14(19)5-6-15(11)20-17(21)8-3-12-10-13(18)4-7-16(12)22-2/h3-10H,1-2H3,(H,20,21)/b8-3+. The predicted molar refractivity (Wildman–Crippen MR) is 102 cm³/mol. The molecule has 0 atom stereocenters. The molecule has 2 aromatic carbocycles. The van der Waals surface area contributed by atoms with E-state index in [2.05, 4.69) is 43.8 Å². The van der Waals surface area contributed by atoms with Gasteiger partial charge in [-0.05, 0) is 77.6 Å². The van der Waals surface area contributed by atoms with Crippen LogP contribution in [0.5, 0.6) is 5.75 Å². The molecule has 0 aliphatic rings. The fourth-order valence-electron chi connectivity index (χ4n) is 1.94. The molecule has 0 fully saturated rings. The second kappa shape index (κ2) is 7.78. The number of ether oxygens (including phenoxy) is 1. The van der Waals surface area contributed by atoms with Crippen LogP contribution in [-0.2, 0) is 4.79 Å². The van der Waals surface area contributed by atoms with Crippen molar-refractivity contribution in [1.82, 2.24) is 0 Å². The van der Waals surface area contributed by atoms with Gasteiger partial charge in [0, 0.05) is 25.4 Å². The third kappa shape index (κ3) is 4.58. The number of benzene rings is 2. The van der Waals surface area contributed by atoms with Crippen molar-refractivity contribution in [1.29, 1.82) is 0 Å². The normalized spacial score (nSPS) is 10.7. The first kappa shape index (κ1) is 17.0. The molecule has 0 bridgehead atoms. The highest BCUT2D eigenvalue weighted by molar-refractivity contribution is 14.1. The minimum absolute atomic E-state index is 0.175. The molecule has 3 nitrogen and oxygen atoms in total. The number of aryl methyl sites for hydroxylation is 1. The Balaban J connectivity index is 2.13. The summed E-state index contributed by atoms with van der Waals surface area (Å²) in [6.07, 6.45) is 3.24. The van der Waals surface area contributed by atoms with Crippen LogP contribution in [0.1, 0.15) is 11.1 Å². The monoisotopic (exact) mass is 471 g/mol. The van der Waals surface area contributed by atoms with E-state index in [4.69, 9.17) is 4.74 Å². The molecule has 2 aromatic rings.